The van der Waals surface area contributed by atoms with Gasteiger partial charge in [0, 0.05) is 30.2 Å². The van der Waals surface area contributed by atoms with Gasteiger partial charge >= 0.3 is 6.18 Å². The van der Waals surface area contributed by atoms with E-state index in [1.807, 2.05) is 33.0 Å². The summed E-state index contributed by atoms with van der Waals surface area (Å²) in [6.45, 7) is 12.5. The van der Waals surface area contributed by atoms with Gasteiger partial charge in [0.2, 0.25) is 0 Å². The van der Waals surface area contributed by atoms with E-state index in [1.165, 1.54) is 17.7 Å². The zero-order valence-electron chi connectivity index (χ0n) is 24.3. The first kappa shape index (κ1) is 32.7. The minimum Gasteiger partial charge on any atom is -0.488 e. The first-order valence-corrected chi connectivity index (χ1v) is 14.1. The zero-order chi connectivity index (χ0) is 29.2. The van der Waals surface area contributed by atoms with Crippen LogP contribution < -0.4 is 15.2 Å². The number of rotatable bonds is 9. The monoisotopic (exact) mass is 553 g/mol. The van der Waals surface area contributed by atoms with E-state index >= 15 is 0 Å². The first-order chi connectivity index (χ1) is 18.5. The number of hydrogen-bond donors (Lipinski definition) is 2. The van der Waals surface area contributed by atoms with Gasteiger partial charge in [-0.1, -0.05) is 38.8 Å². The van der Waals surface area contributed by atoms with Crippen LogP contribution in [0.4, 0.5) is 13.2 Å². The van der Waals surface area contributed by atoms with Crippen LogP contribution in [0.2, 0.25) is 0 Å². The van der Waals surface area contributed by atoms with Gasteiger partial charge in [0.15, 0.2) is 5.75 Å². The molecule has 3 aliphatic rings. The number of hydrogen-bond acceptors (Lipinski definition) is 6. The Kier molecular flexibility index (Phi) is 12.4. The smallest absolute Gasteiger partial charge is 0.418 e. The average molecular weight is 554 g/mol. The van der Waals surface area contributed by atoms with E-state index in [9.17, 15) is 13.2 Å². The van der Waals surface area contributed by atoms with Gasteiger partial charge in [0.05, 0.1) is 18.2 Å². The molecule has 220 valence electrons. The number of allylic oxidation sites excluding steroid dienone is 3. The fourth-order valence-electron chi connectivity index (χ4n) is 5.21. The molecule has 3 heterocycles. The molecule has 2 aliphatic heterocycles. The van der Waals surface area contributed by atoms with Crippen molar-refractivity contribution in [2.75, 3.05) is 13.2 Å². The van der Waals surface area contributed by atoms with E-state index in [-0.39, 0.29) is 30.4 Å². The van der Waals surface area contributed by atoms with Gasteiger partial charge < -0.3 is 25.2 Å². The highest BCUT2D eigenvalue weighted by atomic mass is 19.4. The predicted octanol–water partition coefficient (Wildman–Crippen LogP) is 7.35. The van der Waals surface area contributed by atoms with Crippen LogP contribution in [0, 0.1) is 5.92 Å². The van der Waals surface area contributed by atoms with Crippen molar-refractivity contribution < 1.29 is 27.8 Å². The summed E-state index contributed by atoms with van der Waals surface area (Å²) in [5, 5.41) is 8.54. The number of pyridine rings is 1. The van der Waals surface area contributed by atoms with E-state index in [1.54, 1.807) is 6.92 Å². The summed E-state index contributed by atoms with van der Waals surface area (Å²) in [5.41, 5.74) is 7.70. The van der Waals surface area contributed by atoms with Crippen molar-refractivity contribution in [1.82, 2.24) is 9.88 Å². The van der Waals surface area contributed by atoms with Gasteiger partial charge in [-0.05, 0) is 77.4 Å². The summed E-state index contributed by atoms with van der Waals surface area (Å²) in [4.78, 5) is 6.06. The Balaban J connectivity index is 0.000000378. The van der Waals surface area contributed by atoms with Crippen molar-refractivity contribution in [3.05, 3.63) is 53.2 Å². The van der Waals surface area contributed by atoms with E-state index in [2.05, 4.69) is 29.8 Å². The molecular weight excluding hydrogens is 507 g/mol. The Morgan fingerprint density at radius 3 is 2.54 bits per heavy atom. The largest absolute Gasteiger partial charge is 0.488 e. The molecule has 0 amide bonds. The molecule has 2 bridgehead atoms. The highest BCUT2D eigenvalue weighted by Gasteiger charge is 2.38. The Labute approximate surface area is 231 Å². The van der Waals surface area contributed by atoms with Crippen LogP contribution in [-0.4, -0.2) is 39.8 Å². The molecule has 1 saturated carbocycles. The van der Waals surface area contributed by atoms with Crippen LogP contribution in [0.5, 0.6) is 11.6 Å². The van der Waals surface area contributed by atoms with Crippen LogP contribution in [-0.2, 0) is 6.18 Å². The number of fused-ring (bicyclic) bond motifs is 4. The molecule has 4 rings (SSSR count). The molecule has 0 saturated heterocycles. The molecule has 1 aliphatic carbocycles. The number of alkyl halides is 3. The third-order valence-electron chi connectivity index (χ3n) is 7.14. The van der Waals surface area contributed by atoms with E-state index in [4.69, 9.17) is 20.3 Å². The Bertz CT molecular complexity index is 1020. The van der Waals surface area contributed by atoms with Crippen LogP contribution in [0.25, 0.3) is 0 Å². The lowest BCUT2D eigenvalue weighted by Crippen LogP contribution is -2.38. The summed E-state index contributed by atoms with van der Waals surface area (Å²) in [6.07, 6.45) is 9.57. The van der Waals surface area contributed by atoms with Crippen LogP contribution in [0.1, 0.15) is 92.1 Å². The number of ether oxygens (including phenoxy) is 2. The predicted molar refractivity (Wildman–Crippen MR) is 149 cm³/mol. The lowest BCUT2D eigenvalue weighted by atomic mass is 9.91. The molecule has 9 heteroatoms. The lowest BCUT2D eigenvalue weighted by molar-refractivity contribution is -0.138. The van der Waals surface area contributed by atoms with Gasteiger partial charge in [0.1, 0.15) is 5.76 Å². The maximum absolute atomic E-state index is 12.9. The molecule has 3 atom stereocenters. The Morgan fingerprint density at radius 1 is 1.21 bits per heavy atom. The maximum atomic E-state index is 12.9. The average Bonchev–Trinajstić information content (AvgIpc) is 3.34. The molecule has 1 aromatic rings. The van der Waals surface area contributed by atoms with Gasteiger partial charge in [-0.3, -0.25) is 0 Å². The van der Waals surface area contributed by atoms with Gasteiger partial charge in [-0.2, -0.15) is 13.2 Å². The van der Waals surface area contributed by atoms with Crippen molar-refractivity contribution in [3.63, 3.8) is 0 Å². The summed E-state index contributed by atoms with van der Waals surface area (Å²) in [7, 11) is 0. The lowest BCUT2D eigenvalue weighted by Gasteiger charge is -2.39. The summed E-state index contributed by atoms with van der Waals surface area (Å²) in [6, 6.07) is 1.24. The zero-order valence-corrected chi connectivity index (χ0v) is 24.3. The van der Waals surface area contributed by atoms with Crippen LogP contribution >= 0.6 is 0 Å². The third kappa shape index (κ3) is 9.00. The van der Waals surface area contributed by atoms with E-state index in [0.29, 0.717) is 17.7 Å². The SMILES string of the molecule is CC.CCCC(C)(N)CCCO.CCOc1cc(C(F)(F)F)cnc1OC1=CN2C(C)=C3CCC(C3)C2C=C1. The minimum atomic E-state index is -4.48. The molecule has 1 aromatic heterocycles. The molecular formula is C30H46F3N3O3. The Morgan fingerprint density at radius 2 is 1.92 bits per heavy atom. The topological polar surface area (TPSA) is 80.8 Å². The van der Waals surface area contributed by atoms with Crippen molar-refractivity contribution in [2.45, 2.75) is 104 Å². The number of nitrogens with zero attached hydrogens (tertiary/aromatic N) is 2. The molecule has 3 unspecified atom stereocenters. The van der Waals surface area contributed by atoms with Crippen molar-refractivity contribution in [1.29, 1.82) is 0 Å². The number of halogens is 3. The second kappa shape index (κ2) is 14.7. The summed E-state index contributed by atoms with van der Waals surface area (Å²) in [5.74, 6) is 1.16. The van der Waals surface area contributed by atoms with Gasteiger partial charge in [-0.15, -0.1) is 0 Å². The van der Waals surface area contributed by atoms with Crippen LogP contribution in [0.3, 0.4) is 0 Å². The van der Waals surface area contributed by atoms with E-state index in [0.717, 1.165) is 50.8 Å². The number of aliphatic hydroxyl groups excluding tert-OH is 1. The second-order valence-electron chi connectivity index (χ2n) is 10.3. The van der Waals surface area contributed by atoms with E-state index < -0.39 is 11.7 Å². The molecule has 0 spiro atoms. The third-order valence-corrected chi connectivity index (χ3v) is 7.14. The van der Waals surface area contributed by atoms with Gasteiger partial charge in [-0.25, -0.2) is 4.98 Å². The first-order valence-electron chi connectivity index (χ1n) is 14.1. The van der Waals surface area contributed by atoms with Crippen molar-refractivity contribution >= 4 is 0 Å². The minimum absolute atomic E-state index is 0.0162. The van der Waals surface area contributed by atoms with Crippen molar-refractivity contribution in [3.8, 4) is 11.6 Å². The molecule has 0 aromatic carbocycles. The molecule has 1 fully saturated rings. The van der Waals surface area contributed by atoms with Crippen LogP contribution in [0.15, 0.2) is 47.6 Å². The van der Waals surface area contributed by atoms with Crippen molar-refractivity contribution in [2.24, 2.45) is 11.7 Å². The van der Waals surface area contributed by atoms with Gasteiger partial charge in [0.25, 0.3) is 5.88 Å². The second-order valence-corrected chi connectivity index (χ2v) is 10.3. The fourth-order valence-corrected chi connectivity index (χ4v) is 5.21. The molecule has 39 heavy (non-hydrogen) atoms. The number of aromatic nitrogens is 1. The number of nitrogens with two attached hydrogens (primary N) is 1. The normalized spacial score (nSPS) is 21.1. The molecule has 6 nitrogen and oxygen atoms in total. The fraction of sp³-hybridized carbons (Fsp3) is 0.633. The molecule has 0 radical (unpaired) electrons. The number of aliphatic hydroxyl groups is 1. The molecule has 3 N–H and O–H groups in total. The summed E-state index contributed by atoms with van der Waals surface area (Å²) >= 11 is 0. The highest BCUT2D eigenvalue weighted by Crippen LogP contribution is 2.45. The maximum Gasteiger partial charge on any atom is 0.418 e. The quantitative estimate of drug-likeness (QED) is 0.333. The standard InChI is InChI=1S/C20H21F3N2O2.C8H19NO.C2H6/c1-3-26-18-9-15(20(21,22)23)10-24-19(18)27-16-6-7-17-14-5-4-13(8-14)12(2)25(17)11-16;1-3-5-8(2,9)6-4-7-10;1-2/h6-7,9-11,14,17H,3-5,8H2,1-2H3;10H,3-7,9H2,1-2H3;1-2H3. The Hall–Kier alpha value is -2.52. The highest BCUT2D eigenvalue weighted by molar-refractivity contribution is 5.40. The summed E-state index contributed by atoms with van der Waals surface area (Å²) < 4.78 is 49.9.